The van der Waals surface area contributed by atoms with E-state index in [0.29, 0.717) is 17.1 Å². The highest BCUT2D eigenvalue weighted by Gasteiger charge is 2.13. The van der Waals surface area contributed by atoms with Crippen LogP contribution in [0.2, 0.25) is 0 Å². The van der Waals surface area contributed by atoms with Crippen molar-refractivity contribution >= 4 is 18.0 Å². The van der Waals surface area contributed by atoms with Crippen molar-refractivity contribution in [2.45, 2.75) is 20.8 Å². The van der Waals surface area contributed by atoms with Gasteiger partial charge in [0.25, 0.3) is 0 Å². The zero-order valence-corrected chi connectivity index (χ0v) is 16.4. The first-order valence-electron chi connectivity index (χ1n) is 8.47. The lowest BCUT2D eigenvalue weighted by molar-refractivity contribution is -0.141. The topological polar surface area (TPSA) is 71.1 Å². The van der Waals surface area contributed by atoms with Crippen LogP contribution in [0.4, 0.5) is 0 Å². The van der Waals surface area contributed by atoms with E-state index in [1.165, 1.54) is 0 Å². The molecule has 0 aliphatic heterocycles. The molecule has 0 atom stereocenters. The van der Waals surface area contributed by atoms with Gasteiger partial charge >= 0.3 is 11.9 Å². The highest BCUT2D eigenvalue weighted by Crippen LogP contribution is 2.27. The summed E-state index contributed by atoms with van der Waals surface area (Å²) in [5.74, 6) is 0.269. The number of methoxy groups -OCH3 is 2. The Hall–Kier alpha value is -3.02. The average Bonchev–Trinajstić information content (AvgIpc) is 2.70. The molecule has 27 heavy (non-hydrogen) atoms. The Bertz CT molecular complexity index is 743. The molecule has 146 valence electrons. The van der Waals surface area contributed by atoms with Crippen molar-refractivity contribution in [3.63, 3.8) is 0 Å². The second kappa shape index (κ2) is 11.6. The van der Waals surface area contributed by atoms with Gasteiger partial charge in [-0.3, -0.25) is 0 Å². The van der Waals surface area contributed by atoms with Gasteiger partial charge in [0.05, 0.1) is 19.8 Å². The van der Waals surface area contributed by atoms with Gasteiger partial charge < -0.3 is 18.9 Å². The van der Waals surface area contributed by atoms with Gasteiger partial charge in [-0.1, -0.05) is 24.3 Å². The summed E-state index contributed by atoms with van der Waals surface area (Å²) in [6.07, 6.45) is 6.73. The van der Waals surface area contributed by atoms with E-state index in [2.05, 4.69) is 0 Å². The predicted octanol–water partition coefficient (Wildman–Crippen LogP) is 3.72. The van der Waals surface area contributed by atoms with Crippen LogP contribution >= 0.6 is 0 Å². The van der Waals surface area contributed by atoms with E-state index in [4.69, 9.17) is 18.9 Å². The third-order valence-electron chi connectivity index (χ3n) is 3.75. The van der Waals surface area contributed by atoms with Crippen molar-refractivity contribution < 1.29 is 28.5 Å². The molecule has 6 nitrogen and oxygen atoms in total. The van der Waals surface area contributed by atoms with E-state index >= 15 is 0 Å². The standard InChI is InChI=1S/C21H26O6/c1-6-15(3)20(22)27-14-17(7-2)21(23)26-12-8-9-16-10-11-18(24-4)19(13-16)25-5/h6-11,13H,12,14H2,1-5H3/b9-8+,15-6+,17-7-. The summed E-state index contributed by atoms with van der Waals surface area (Å²) in [5.41, 5.74) is 1.65. The highest BCUT2D eigenvalue weighted by atomic mass is 16.5. The van der Waals surface area contributed by atoms with Crippen molar-refractivity contribution in [2.75, 3.05) is 27.4 Å². The zero-order valence-electron chi connectivity index (χ0n) is 16.4. The predicted molar refractivity (Wildman–Crippen MR) is 104 cm³/mol. The van der Waals surface area contributed by atoms with E-state index in [9.17, 15) is 9.59 Å². The fraction of sp³-hybridized carbons (Fsp3) is 0.333. The van der Waals surface area contributed by atoms with Crippen molar-refractivity contribution in [3.05, 3.63) is 53.1 Å². The van der Waals surface area contributed by atoms with Gasteiger partial charge in [-0.2, -0.15) is 0 Å². The molecular formula is C21H26O6. The lowest BCUT2D eigenvalue weighted by Gasteiger charge is -2.08. The molecule has 0 N–H and O–H groups in total. The summed E-state index contributed by atoms with van der Waals surface area (Å²) in [6.45, 7) is 5.04. The van der Waals surface area contributed by atoms with E-state index in [0.717, 1.165) is 5.56 Å². The largest absolute Gasteiger partial charge is 0.493 e. The maximum atomic E-state index is 12.1. The van der Waals surface area contributed by atoms with Crippen LogP contribution in [0.5, 0.6) is 11.5 Å². The zero-order chi connectivity index (χ0) is 20.2. The van der Waals surface area contributed by atoms with Gasteiger partial charge in [0.1, 0.15) is 13.2 Å². The molecule has 0 unspecified atom stereocenters. The maximum Gasteiger partial charge on any atom is 0.337 e. The molecule has 0 heterocycles. The van der Waals surface area contributed by atoms with Crippen LogP contribution in [0, 0.1) is 0 Å². The summed E-state index contributed by atoms with van der Waals surface area (Å²) in [6, 6.07) is 5.47. The van der Waals surface area contributed by atoms with E-state index in [-0.39, 0.29) is 18.8 Å². The Labute approximate surface area is 160 Å². The van der Waals surface area contributed by atoms with Crippen molar-refractivity contribution in [1.82, 2.24) is 0 Å². The Morgan fingerprint density at radius 3 is 2.26 bits per heavy atom. The van der Waals surface area contributed by atoms with Crippen LogP contribution in [0.3, 0.4) is 0 Å². The van der Waals surface area contributed by atoms with Crippen molar-refractivity contribution in [3.8, 4) is 11.5 Å². The minimum atomic E-state index is -0.527. The molecule has 0 spiro atoms. The maximum absolute atomic E-state index is 12.1. The number of carbonyl (C=O) groups is 2. The third kappa shape index (κ3) is 7.01. The first-order chi connectivity index (χ1) is 13.0. The smallest absolute Gasteiger partial charge is 0.337 e. The monoisotopic (exact) mass is 374 g/mol. The number of carbonyl (C=O) groups excluding carboxylic acids is 2. The average molecular weight is 374 g/mol. The summed E-state index contributed by atoms with van der Waals surface area (Å²) in [4.78, 5) is 23.7. The molecule has 0 aromatic heterocycles. The Morgan fingerprint density at radius 1 is 0.963 bits per heavy atom. The number of benzene rings is 1. The molecule has 0 aliphatic rings. The summed E-state index contributed by atoms with van der Waals surface area (Å²) in [7, 11) is 3.14. The Balaban J connectivity index is 2.55. The molecule has 0 aliphatic carbocycles. The van der Waals surface area contributed by atoms with Gasteiger partial charge in [-0.15, -0.1) is 0 Å². The molecule has 1 aromatic rings. The van der Waals surface area contributed by atoms with E-state index < -0.39 is 11.9 Å². The molecule has 0 bridgehead atoms. The van der Waals surface area contributed by atoms with Crippen LogP contribution in [0.25, 0.3) is 6.08 Å². The number of hydrogen-bond acceptors (Lipinski definition) is 6. The minimum Gasteiger partial charge on any atom is -0.493 e. The van der Waals surface area contributed by atoms with Gasteiger partial charge in [0.2, 0.25) is 0 Å². The molecule has 6 heteroatoms. The molecular weight excluding hydrogens is 348 g/mol. The Morgan fingerprint density at radius 2 is 1.67 bits per heavy atom. The molecule has 0 amide bonds. The highest BCUT2D eigenvalue weighted by molar-refractivity contribution is 5.91. The van der Waals surface area contributed by atoms with Crippen molar-refractivity contribution in [1.29, 1.82) is 0 Å². The summed E-state index contributed by atoms with van der Waals surface area (Å²) in [5, 5.41) is 0. The second-order valence-electron chi connectivity index (χ2n) is 5.48. The molecule has 0 fully saturated rings. The number of hydrogen-bond donors (Lipinski definition) is 0. The summed E-state index contributed by atoms with van der Waals surface area (Å²) >= 11 is 0. The van der Waals surface area contributed by atoms with Crippen LogP contribution < -0.4 is 9.47 Å². The molecule has 1 rings (SSSR count). The molecule has 0 radical (unpaired) electrons. The number of ether oxygens (including phenoxy) is 4. The quantitative estimate of drug-likeness (QED) is 0.485. The van der Waals surface area contributed by atoms with Crippen molar-refractivity contribution in [2.24, 2.45) is 0 Å². The van der Waals surface area contributed by atoms with Crippen LogP contribution in [0.15, 0.2) is 47.6 Å². The van der Waals surface area contributed by atoms with Gasteiger partial charge in [0.15, 0.2) is 11.5 Å². The molecule has 0 saturated heterocycles. The molecule has 1 aromatic carbocycles. The molecule has 0 saturated carbocycles. The number of esters is 2. The fourth-order valence-corrected chi connectivity index (χ4v) is 1.99. The number of allylic oxidation sites excluding steroid dienone is 2. The lowest BCUT2D eigenvalue weighted by atomic mass is 10.2. The number of rotatable bonds is 9. The van der Waals surface area contributed by atoms with Crippen LogP contribution in [0.1, 0.15) is 26.3 Å². The SMILES string of the molecule is C/C=C(/COC(=O)/C(C)=C/C)C(=O)OC/C=C/c1ccc(OC)c(OC)c1. The minimum absolute atomic E-state index is 0.0896. The van der Waals surface area contributed by atoms with E-state index in [1.54, 1.807) is 65.4 Å². The first-order valence-corrected chi connectivity index (χ1v) is 8.47. The Kier molecular flexibility index (Phi) is 9.43. The fourth-order valence-electron chi connectivity index (χ4n) is 1.99. The van der Waals surface area contributed by atoms with Crippen LogP contribution in [-0.2, 0) is 19.1 Å². The van der Waals surface area contributed by atoms with Crippen LogP contribution in [-0.4, -0.2) is 39.4 Å². The lowest BCUT2D eigenvalue weighted by Crippen LogP contribution is -2.16. The van der Waals surface area contributed by atoms with Gasteiger partial charge in [0, 0.05) is 5.57 Å². The van der Waals surface area contributed by atoms with Gasteiger partial charge in [-0.05, 0) is 44.5 Å². The van der Waals surface area contributed by atoms with E-state index in [1.807, 2.05) is 12.1 Å². The third-order valence-corrected chi connectivity index (χ3v) is 3.75. The van der Waals surface area contributed by atoms with Gasteiger partial charge in [-0.25, -0.2) is 9.59 Å². The summed E-state index contributed by atoms with van der Waals surface area (Å²) < 4.78 is 20.7. The first kappa shape index (κ1) is 22.0. The normalized spacial score (nSPS) is 12.0. The second-order valence-corrected chi connectivity index (χ2v) is 5.48.